The van der Waals surface area contributed by atoms with Gasteiger partial charge in [-0.3, -0.25) is 4.79 Å². The number of carbonyl (C=O) groups excluding carboxylic acids is 1. The van der Waals surface area contributed by atoms with Gasteiger partial charge in [0.2, 0.25) is 0 Å². The van der Waals surface area contributed by atoms with Crippen molar-refractivity contribution in [2.24, 2.45) is 10.9 Å². The lowest BCUT2D eigenvalue weighted by atomic mass is 10.2. The maximum atomic E-state index is 12.0. The number of rotatable bonds is 7. The van der Waals surface area contributed by atoms with Crippen LogP contribution in [0.4, 0.5) is 5.69 Å². The molecule has 6 nitrogen and oxygen atoms in total. The van der Waals surface area contributed by atoms with E-state index in [4.69, 9.17) is 15.3 Å². The average Bonchev–Trinajstić information content (AvgIpc) is 2.57. The molecule has 2 aromatic carbocycles. The van der Waals surface area contributed by atoms with Crippen molar-refractivity contribution in [3.05, 3.63) is 53.6 Å². The smallest absolute Gasteiger partial charge is 0.262 e. The van der Waals surface area contributed by atoms with E-state index < -0.39 is 0 Å². The maximum absolute atomic E-state index is 12.0. The van der Waals surface area contributed by atoms with Gasteiger partial charge in [-0.1, -0.05) is 17.7 Å². The zero-order valence-electron chi connectivity index (χ0n) is 13.8. The van der Waals surface area contributed by atoms with Crippen LogP contribution in [0.25, 0.3) is 0 Å². The second-order valence-corrected chi connectivity index (χ2v) is 5.12. The van der Waals surface area contributed by atoms with E-state index in [1.807, 2.05) is 38.1 Å². The van der Waals surface area contributed by atoms with Crippen LogP contribution in [0.2, 0.25) is 0 Å². The summed E-state index contributed by atoms with van der Waals surface area (Å²) in [6, 6.07) is 12.8. The van der Waals surface area contributed by atoms with Crippen LogP contribution >= 0.6 is 0 Å². The molecule has 0 spiro atoms. The van der Waals surface area contributed by atoms with Gasteiger partial charge in [-0.2, -0.15) is 5.10 Å². The van der Waals surface area contributed by atoms with E-state index >= 15 is 0 Å². The standard InChI is InChI=1S/C18H21N3O3/c1-3-23-17-10-14(11-20-19)6-9-16(17)24-12-18(22)21-15-7-4-13(2)5-8-15/h4-11H,3,12,19H2,1-2H3,(H,21,22). The first-order valence-electron chi connectivity index (χ1n) is 7.61. The number of ether oxygens (including phenoxy) is 2. The number of amides is 1. The summed E-state index contributed by atoms with van der Waals surface area (Å²) in [5.41, 5.74) is 2.65. The van der Waals surface area contributed by atoms with Gasteiger partial charge < -0.3 is 20.6 Å². The van der Waals surface area contributed by atoms with Crippen molar-refractivity contribution in [3.8, 4) is 11.5 Å². The fourth-order valence-corrected chi connectivity index (χ4v) is 2.06. The summed E-state index contributed by atoms with van der Waals surface area (Å²) in [6.45, 7) is 4.23. The SMILES string of the molecule is CCOc1cc(C=NN)ccc1OCC(=O)Nc1ccc(C)cc1. The molecular weight excluding hydrogens is 306 g/mol. The largest absolute Gasteiger partial charge is 0.490 e. The molecule has 0 aliphatic rings. The Balaban J connectivity index is 1.99. The molecule has 6 heteroatoms. The van der Waals surface area contributed by atoms with Gasteiger partial charge in [0.05, 0.1) is 12.8 Å². The van der Waals surface area contributed by atoms with Crippen LogP contribution in [0, 0.1) is 6.92 Å². The van der Waals surface area contributed by atoms with Crippen LogP contribution in [-0.4, -0.2) is 25.3 Å². The van der Waals surface area contributed by atoms with Crippen molar-refractivity contribution in [1.29, 1.82) is 0 Å². The highest BCUT2D eigenvalue weighted by molar-refractivity contribution is 5.92. The molecule has 0 aromatic heterocycles. The van der Waals surface area contributed by atoms with Crippen molar-refractivity contribution in [2.45, 2.75) is 13.8 Å². The van der Waals surface area contributed by atoms with Crippen molar-refractivity contribution in [3.63, 3.8) is 0 Å². The van der Waals surface area contributed by atoms with Gasteiger partial charge in [0.25, 0.3) is 5.91 Å². The third-order valence-electron chi connectivity index (χ3n) is 3.19. The molecule has 0 bridgehead atoms. The predicted molar refractivity (Wildman–Crippen MR) is 94.7 cm³/mol. The minimum atomic E-state index is -0.242. The molecule has 1 amide bonds. The van der Waals surface area contributed by atoms with Crippen molar-refractivity contribution in [1.82, 2.24) is 0 Å². The normalized spacial score (nSPS) is 10.6. The van der Waals surface area contributed by atoms with Gasteiger partial charge in [-0.25, -0.2) is 0 Å². The number of nitrogens with two attached hydrogens (primary N) is 1. The number of nitrogens with one attached hydrogen (secondary N) is 1. The molecule has 0 saturated carbocycles. The van der Waals surface area contributed by atoms with Crippen molar-refractivity contribution >= 4 is 17.8 Å². The average molecular weight is 327 g/mol. The number of hydrogen-bond donors (Lipinski definition) is 2. The van der Waals surface area contributed by atoms with Crippen LogP contribution < -0.4 is 20.6 Å². The Morgan fingerprint density at radius 3 is 2.58 bits per heavy atom. The first kappa shape index (κ1) is 17.3. The van der Waals surface area contributed by atoms with E-state index in [9.17, 15) is 4.79 Å². The molecule has 0 aliphatic heterocycles. The summed E-state index contributed by atoms with van der Waals surface area (Å²) in [5.74, 6) is 5.94. The first-order chi connectivity index (χ1) is 11.6. The molecule has 3 N–H and O–H groups in total. The summed E-state index contributed by atoms with van der Waals surface area (Å²) in [6.07, 6.45) is 1.51. The molecule has 0 atom stereocenters. The minimum absolute atomic E-state index is 0.113. The van der Waals surface area contributed by atoms with Gasteiger partial charge in [-0.05, 0) is 49.7 Å². The van der Waals surface area contributed by atoms with E-state index in [1.165, 1.54) is 6.21 Å². The molecule has 0 radical (unpaired) electrons. The lowest BCUT2D eigenvalue weighted by Gasteiger charge is -2.12. The Hall–Kier alpha value is -3.02. The van der Waals surface area contributed by atoms with E-state index in [-0.39, 0.29) is 12.5 Å². The maximum Gasteiger partial charge on any atom is 0.262 e. The number of benzene rings is 2. The number of anilines is 1. The number of nitrogens with zero attached hydrogens (tertiary/aromatic N) is 1. The Kier molecular flexibility index (Phi) is 6.19. The molecule has 0 unspecified atom stereocenters. The van der Waals surface area contributed by atoms with Crippen LogP contribution in [0.5, 0.6) is 11.5 Å². The van der Waals surface area contributed by atoms with Gasteiger partial charge in [0.15, 0.2) is 18.1 Å². The van der Waals surface area contributed by atoms with Crippen LogP contribution in [-0.2, 0) is 4.79 Å². The van der Waals surface area contributed by atoms with E-state index in [1.54, 1.807) is 18.2 Å². The molecule has 2 rings (SSSR count). The highest BCUT2D eigenvalue weighted by Crippen LogP contribution is 2.28. The Morgan fingerprint density at radius 1 is 1.17 bits per heavy atom. The summed E-state index contributed by atoms with van der Waals surface area (Å²) in [4.78, 5) is 12.0. The highest BCUT2D eigenvalue weighted by Gasteiger charge is 2.09. The van der Waals surface area contributed by atoms with Gasteiger partial charge in [0.1, 0.15) is 0 Å². The molecule has 126 valence electrons. The van der Waals surface area contributed by atoms with E-state index in [0.717, 1.165) is 16.8 Å². The van der Waals surface area contributed by atoms with Crippen LogP contribution in [0.1, 0.15) is 18.1 Å². The van der Waals surface area contributed by atoms with Crippen LogP contribution in [0.3, 0.4) is 0 Å². The van der Waals surface area contributed by atoms with Crippen molar-refractivity contribution in [2.75, 3.05) is 18.5 Å². The quantitative estimate of drug-likeness (QED) is 0.465. The monoisotopic (exact) mass is 327 g/mol. The van der Waals surface area contributed by atoms with Crippen LogP contribution in [0.15, 0.2) is 47.6 Å². The number of hydrazone groups is 1. The molecule has 2 aromatic rings. The molecule has 0 saturated heterocycles. The zero-order valence-corrected chi connectivity index (χ0v) is 13.8. The number of hydrogen-bond acceptors (Lipinski definition) is 5. The lowest BCUT2D eigenvalue weighted by Crippen LogP contribution is -2.20. The molecule has 0 aliphatic carbocycles. The fourth-order valence-electron chi connectivity index (χ4n) is 2.06. The number of carbonyl (C=O) groups is 1. The van der Waals surface area contributed by atoms with E-state index in [2.05, 4.69) is 10.4 Å². The summed E-state index contributed by atoms with van der Waals surface area (Å²) in [5, 5.41) is 6.26. The van der Waals surface area contributed by atoms with Gasteiger partial charge in [0, 0.05) is 5.69 Å². The van der Waals surface area contributed by atoms with Crippen molar-refractivity contribution < 1.29 is 14.3 Å². The second kappa shape index (κ2) is 8.57. The Labute approximate surface area is 141 Å². The van der Waals surface area contributed by atoms with Gasteiger partial charge in [-0.15, -0.1) is 0 Å². The zero-order chi connectivity index (χ0) is 17.4. The number of aryl methyl sites for hydroxylation is 1. The molecular formula is C18H21N3O3. The third-order valence-corrected chi connectivity index (χ3v) is 3.19. The predicted octanol–water partition coefficient (Wildman–Crippen LogP) is 2.70. The summed E-state index contributed by atoms with van der Waals surface area (Å²) in [7, 11) is 0. The Morgan fingerprint density at radius 2 is 1.92 bits per heavy atom. The Bertz CT molecular complexity index is 712. The second-order valence-electron chi connectivity index (χ2n) is 5.12. The van der Waals surface area contributed by atoms with E-state index in [0.29, 0.717) is 18.1 Å². The third kappa shape index (κ3) is 5.01. The molecule has 0 heterocycles. The first-order valence-corrected chi connectivity index (χ1v) is 7.61. The molecule has 24 heavy (non-hydrogen) atoms. The minimum Gasteiger partial charge on any atom is -0.490 e. The highest BCUT2D eigenvalue weighted by atomic mass is 16.5. The topological polar surface area (TPSA) is 85.9 Å². The summed E-state index contributed by atoms with van der Waals surface area (Å²) >= 11 is 0. The fraction of sp³-hybridized carbons (Fsp3) is 0.222. The molecule has 0 fully saturated rings. The van der Waals surface area contributed by atoms with Gasteiger partial charge >= 0.3 is 0 Å². The summed E-state index contributed by atoms with van der Waals surface area (Å²) < 4.78 is 11.1. The lowest BCUT2D eigenvalue weighted by molar-refractivity contribution is -0.118.